The fraction of sp³-hybridized carbons (Fsp3) is 0.150. The number of furan rings is 1. The van der Waals surface area contributed by atoms with Crippen molar-refractivity contribution in [2.45, 2.75) is 6.04 Å². The molecule has 1 heterocycles. The molecular weight excluding hydrogens is 316 g/mol. The molecule has 5 nitrogen and oxygen atoms in total. The van der Waals surface area contributed by atoms with Gasteiger partial charge in [-0.3, -0.25) is 4.79 Å². The largest absolute Gasteiger partial charge is 0.497 e. The van der Waals surface area contributed by atoms with Gasteiger partial charge in [-0.1, -0.05) is 30.3 Å². The molecule has 5 heteroatoms. The molecule has 25 heavy (non-hydrogen) atoms. The van der Waals surface area contributed by atoms with Crippen LogP contribution in [0.1, 0.15) is 17.4 Å². The number of amides is 1. The molecule has 3 rings (SSSR count). The molecule has 0 fully saturated rings. The third-order valence-corrected chi connectivity index (χ3v) is 3.92. The molecule has 2 aromatic carbocycles. The van der Waals surface area contributed by atoms with Gasteiger partial charge >= 0.3 is 0 Å². The summed E-state index contributed by atoms with van der Waals surface area (Å²) in [6.07, 6.45) is 1.65. The highest BCUT2D eigenvalue weighted by Gasteiger charge is 2.21. The van der Waals surface area contributed by atoms with Crippen LogP contribution < -0.4 is 15.4 Å². The SMILES string of the molecule is COc1ccc(NC(=O)C[NH2+][C@H](c2ccccc2)c2ccco2)cc1. The monoisotopic (exact) mass is 337 g/mol. The van der Waals surface area contributed by atoms with E-state index >= 15 is 0 Å². The summed E-state index contributed by atoms with van der Waals surface area (Å²) >= 11 is 0. The highest BCUT2D eigenvalue weighted by molar-refractivity contribution is 5.91. The van der Waals surface area contributed by atoms with Gasteiger partial charge in [0.1, 0.15) is 5.75 Å². The van der Waals surface area contributed by atoms with Crippen LogP contribution in [0.4, 0.5) is 5.69 Å². The molecule has 128 valence electrons. The number of hydrogen-bond donors (Lipinski definition) is 2. The van der Waals surface area contributed by atoms with Crippen molar-refractivity contribution in [3.05, 3.63) is 84.3 Å². The molecule has 0 aliphatic heterocycles. The van der Waals surface area contributed by atoms with E-state index in [-0.39, 0.29) is 18.5 Å². The first-order valence-corrected chi connectivity index (χ1v) is 8.12. The van der Waals surface area contributed by atoms with Crippen molar-refractivity contribution in [3.63, 3.8) is 0 Å². The minimum Gasteiger partial charge on any atom is -0.497 e. The first-order chi connectivity index (χ1) is 12.3. The van der Waals surface area contributed by atoms with Gasteiger partial charge in [0.15, 0.2) is 18.3 Å². The van der Waals surface area contributed by atoms with Crippen LogP contribution in [0.15, 0.2) is 77.4 Å². The van der Waals surface area contributed by atoms with Crippen LogP contribution in [0.5, 0.6) is 5.75 Å². The first-order valence-electron chi connectivity index (χ1n) is 8.12. The number of hydrogen-bond acceptors (Lipinski definition) is 3. The second kappa shape index (κ2) is 8.17. The second-order valence-electron chi connectivity index (χ2n) is 5.62. The van der Waals surface area contributed by atoms with E-state index in [1.165, 1.54) is 0 Å². The Morgan fingerprint density at radius 2 is 1.84 bits per heavy atom. The minimum atomic E-state index is -0.0716. The van der Waals surface area contributed by atoms with Crippen molar-refractivity contribution < 1.29 is 19.3 Å². The van der Waals surface area contributed by atoms with E-state index < -0.39 is 0 Å². The number of carbonyl (C=O) groups is 1. The third-order valence-electron chi connectivity index (χ3n) is 3.92. The average molecular weight is 337 g/mol. The van der Waals surface area contributed by atoms with Gasteiger partial charge in [-0.15, -0.1) is 0 Å². The highest BCUT2D eigenvalue weighted by Crippen LogP contribution is 2.18. The average Bonchev–Trinajstić information content (AvgIpc) is 3.18. The van der Waals surface area contributed by atoms with E-state index in [2.05, 4.69) is 5.32 Å². The summed E-state index contributed by atoms with van der Waals surface area (Å²) in [7, 11) is 1.61. The molecule has 1 aromatic heterocycles. The Morgan fingerprint density at radius 3 is 2.48 bits per heavy atom. The fourth-order valence-corrected chi connectivity index (χ4v) is 2.66. The molecular formula is C20H21N2O3+. The van der Waals surface area contributed by atoms with Crippen LogP contribution in [0, 0.1) is 0 Å². The van der Waals surface area contributed by atoms with Gasteiger partial charge in [0, 0.05) is 11.3 Å². The summed E-state index contributed by atoms with van der Waals surface area (Å²) in [5.41, 5.74) is 1.84. The van der Waals surface area contributed by atoms with Crippen LogP contribution in [0.2, 0.25) is 0 Å². The van der Waals surface area contributed by atoms with Gasteiger partial charge in [-0.25, -0.2) is 0 Å². The van der Waals surface area contributed by atoms with Crippen molar-refractivity contribution in [2.75, 3.05) is 19.0 Å². The lowest BCUT2D eigenvalue weighted by Crippen LogP contribution is -2.87. The van der Waals surface area contributed by atoms with E-state index in [9.17, 15) is 4.79 Å². The number of methoxy groups -OCH3 is 1. The predicted molar refractivity (Wildman–Crippen MR) is 95.4 cm³/mol. The summed E-state index contributed by atoms with van der Waals surface area (Å²) in [5.74, 6) is 1.51. The van der Waals surface area contributed by atoms with E-state index in [0.29, 0.717) is 0 Å². The lowest BCUT2D eigenvalue weighted by molar-refractivity contribution is -0.678. The minimum absolute atomic E-state index is 0.0576. The van der Waals surface area contributed by atoms with Crippen LogP contribution >= 0.6 is 0 Å². The standard InChI is InChI=1S/C20H20N2O3/c1-24-17-11-9-16(10-12-17)22-19(23)14-21-20(18-8-5-13-25-18)15-6-3-2-4-7-15/h2-13,20-21H,14H2,1H3,(H,22,23)/p+1/t20-/m1/s1. The molecule has 0 aliphatic carbocycles. The van der Waals surface area contributed by atoms with E-state index in [1.54, 1.807) is 13.4 Å². The zero-order valence-corrected chi connectivity index (χ0v) is 14.0. The molecule has 0 radical (unpaired) electrons. The summed E-state index contributed by atoms with van der Waals surface area (Å²) < 4.78 is 10.7. The van der Waals surface area contributed by atoms with Gasteiger partial charge in [0.25, 0.3) is 5.91 Å². The lowest BCUT2D eigenvalue weighted by Gasteiger charge is -2.14. The molecule has 0 bridgehead atoms. The summed E-state index contributed by atoms with van der Waals surface area (Å²) in [5, 5.41) is 4.85. The van der Waals surface area contributed by atoms with Gasteiger partial charge in [0.2, 0.25) is 0 Å². The molecule has 3 N–H and O–H groups in total. The molecule has 0 saturated carbocycles. The summed E-state index contributed by atoms with van der Waals surface area (Å²) in [4.78, 5) is 12.3. The third kappa shape index (κ3) is 4.49. The molecule has 3 aromatic rings. The first kappa shape index (κ1) is 16.8. The van der Waals surface area contributed by atoms with E-state index in [0.717, 1.165) is 22.8 Å². The molecule has 0 aliphatic rings. The number of benzene rings is 2. The number of quaternary nitrogens is 1. The van der Waals surface area contributed by atoms with Crippen molar-refractivity contribution in [3.8, 4) is 5.75 Å². The number of anilines is 1. The molecule has 0 spiro atoms. The Bertz CT molecular complexity index is 784. The van der Waals surface area contributed by atoms with Gasteiger partial charge in [-0.2, -0.15) is 0 Å². The Balaban J connectivity index is 1.63. The van der Waals surface area contributed by atoms with Crippen molar-refractivity contribution in [1.82, 2.24) is 0 Å². The van der Waals surface area contributed by atoms with Crippen molar-refractivity contribution in [2.24, 2.45) is 0 Å². The molecule has 1 atom stereocenters. The predicted octanol–water partition coefficient (Wildman–Crippen LogP) is 2.58. The number of nitrogens with one attached hydrogen (secondary N) is 1. The quantitative estimate of drug-likeness (QED) is 0.696. The molecule has 0 unspecified atom stereocenters. The number of nitrogens with two attached hydrogens (primary N) is 1. The number of carbonyl (C=O) groups excluding carboxylic acids is 1. The second-order valence-corrected chi connectivity index (χ2v) is 5.62. The van der Waals surface area contributed by atoms with Gasteiger partial charge in [-0.05, 0) is 36.4 Å². The van der Waals surface area contributed by atoms with E-state index in [4.69, 9.17) is 9.15 Å². The van der Waals surface area contributed by atoms with Gasteiger partial charge in [0.05, 0.1) is 13.4 Å². The van der Waals surface area contributed by atoms with E-state index in [1.807, 2.05) is 72.0 Å². The van der Waals surface area contributed by atoms with Crippen LogP contribution in [-0.4, -0.2) is 19.6 Å². The Hall–Kier alpha value is -3.05. The molecule has 1 amide bonds. The van der Waals surface area contributed by atoms with Crippen LogP contribution in [0.3, 0.4) is 0 Å². The van der Waals surface area contributed by atoms with Crippen molar-refractivity contribution >= 4 is 11.6 Å². The zero-order chi connectivity index (χ0) is 17.5. The number of ether oxygens (including phenoxy) is 1. The smallest absolute Gasteiger partial charge is 0.279 e. The maximum absolute atomic E-state index is 12.3. The Morgan fingerprint density at radius 1 is 1.08 bits per heavy atom. The number of rotatable bonds is 7. The van der Waals surface area contributed by atoms with Gasteiger partial charge < -0.3 is 19.8 Å². The topological polar surface area (TPSA) is 68.1 Å². The fourth-order valence-electron chi connectivity index (χ4n) is 2.66. The molecule has 0 saturated heterocycles. The van der Waals surface area contributed by atoms with Crippen LogP contribution in [-0.2, 0) is 4.79 Å². The lowest BCUT2D eigenvalue weighted by atomic mass is 10.0. The normalized spacial score (nSPS) is 11.7. The van der Waals surface area contributed by atoms with Crippen LogP contribution in [0.25, 0.3) is 0 Å². The summed E-state index contributed by atoms with van der Waals surface area (Å²) in [6.45, 7) is 0.284. The summed E-state index contributed by atoms with van der Waals surface area (Å²) in [6, 6.07) is 21.0. The Labute approximate surface area is 146 Å². The maximum Gasteiger partial charge on any atom is 0.279 e. The Kier molecular flexibility index (Phi) is 5.49. The maximum atomic E-state index is 12.3. The zero-order valence-electron chi connectivity index (χ0n) is 14.0. The highest BCUT2D eigenvalue weighted by atomic mass is 16.5. The van der Waals surface area contributed by atoms with Crippen molar-refractivity contribution in [1.29, 1.82) is 0 Å².